The maximum atomic E-state index is 13.7. The van der Waals surface area contributed by atoms with E-state index in [-0.39, 0.29) is 10.9 Å². The zero-order chi connectivity index (χ0) is 13.7. The van der Waals surface area contributed by atoms with Gasteiger partial charge in [0.15, 0.2) is 5.12 Å². The number of hydrogen-bond donors (Lipinski definition) is 1. The second-order valence-corrected chi connectivity index (χ2v) is 5.04. The van der Waals surface area contributed by atoms with Crippen LogP contribution in [-0.2, 0) is 15.3 Å². The molecule has 0 aromatic heterocycles. The summed E-state index contributed by atoms with van der Waals surface area (Å²) in [5, 5.41) is 9.01. The number of aliphatic carboxylic acids is 1. The van der Waals surface area contributed by atoms with Gasteiger partial charge in [-0.2, -0.15) is 0 Å². The Kier molecular flexibility index (Phi) is 5.34. The van der Waals surface area contributed by atoms with Crippen molar-refractivity contribution in [3.8, 4) is 0 Å². The summed E-state index contributed by atoms with van der Waals surface area (Å²) in [5.74, 6) is -2.00. The lowest BCUT2D eigenvalue weighted by Gasteiger charge is -2.15. The summed E-state index contributed by atoms with van der Waals surface area (Å²) in [5.41, 5.74) is 0.769. The van der Waals surface area contributed by atoms with Crippen molar-refractivity contribution in [2.75, 3.05) is 0 Å². The van der Waals surface area contributed by atoms with Crippen molar-refractivity contribution >= 4 is 22.8 Å². The largest absolute Gasteiger partial charge is 0.481 e. The van der Waals surface area contributed by atoms with Crippen molar-refractivity contribution in [3.05, 3.63) is 35.1 Å². The normalized spacial score (nSPS) is 12.2. The van der Waals surface area contributed by atoms with Gasteiger partial charge in [0.1, 0.15) is 5.82 Å². The molecule has 0 amide bonds. The van der Waals surface area contributed by atoms with Crippen molar-refractivity contribution < 1.29 is 19.1 Å². The monoisotopic (exact) mass is 270 g/mol. The SMILES string of the molecule is CCC(C(=O)O)c1cccc(F)c1CSC(C)=O. The summed E-state index contributed by atoms with van der Waals surface area (Å²) in [7, 11) is 0. The summed E-state index contributed by atoms with van der Waals surface area (Å²) in [6.45, 7) is 3.14. The number of carboxylic acids is 1. The van der Waals surface area contributed by atoms with Crippen LogP contribution in [0.15, 0.2) is 18.2 Å². The fourth-order valence-corrected chi connectivity index (χ4v) is 2.41. The molecule has 1 rings (SSSR count). The summed E-state index contributed by atoms with van der Waals surface area (Å²) in [6, 6.07) is 4.40. The van der Waals surface area contributed by atoms with Crippen LogP contribution in [0.1, 0.15) is 37.3 Å². The van der Waals surface area contributed by atoms with Crippen LogP contribution in [-0.4, -0.2) is 16.2 Å². The van der Waals surface area contributed by atoms with E-state index in [2.05, 4.69) is 0 Å². The molecule has 18 heavy (non-hydrogen) atoms. The number of carbonyl (C=O) groups excluding carboxylic acids is 1. The molecule has 1 aromatic rings. The Labute approximate surface area is 109 Å². The zero-order valence-corrected chi connectivity index (χ0v) is 11.1. The number of carboxylic acid groups (broad SMARTS) is 1. The smallest absolute Gasteiger partial charge is 0.310 e. The van der Waals surface area contributed by atoms with Crippen LogP contribution in [0, 0.1) is 5.82 Å². The highest BCUT2D eigenvalue weighted by Gasteiger charge is 2.22. The summed E-state index contributed by atoms with van der Waals surface area (Å²) in [6.07, 6.45) is 0.385. The van der Waals surface area contributed by atoms with E-state index in [9.17, 15) is 14.0 Å². The predicted octanol–water partition coefficient (Wildman–Crippen LogP) is 3.18. The molecule has 3 nitrogen and oxygen atoms in total. The van der Waals surface area contributed by atoms with Crippen LogP contribution in [0.3, 0.4) is 0 Å². The number of rotatable bonds is 5. The molecule has 0 aliphatic rings. The summed E-state index contributed by atoms with van der Waals surface area (Å²) in [4.78, 5) is 22.1. The third-order valence-corrected chi connectivity index (χ3v) is 3.50. The van der Waals surface area contributed by atoms with Crippen LogP contribution < -0.4 is 0 Å². The van der Waals surface area contributed by atoms with Gasteiger partial charge in [-0.3, -0.25) is 9.59 Å². The van der Waals surface area contributed by atoms with Crippen molar-refractivity contribution in [2.24, 2.45) is 0 Å². The molecular formula is C13H15FO3S. The topological polar surface area (TPSA) is 54.4 Å². The average molecular weight is 270 g/mol. The van der Waals surface area contributed by atoms with Crippen molar-refractivity contribution in [3.63, 3.8) is 0 Å². The van der Waals surface area contributed by atoms with E-state index in [4.69, 9.17) is 5.11 Å². The minimum atomic E-state index is -0.975. The van der Waals surface area contributed by atoms with Crippen molar-refractivity contribution in [1.29, 1.82) is 0 Å². The molecule has 0 fully saturated rings. The molecule has 98 valence electrons. The van der Waals surface area contributed by atoms with E-state index in [1.807, 2.05) is 0 Å². The molecule has 0 aliphatic carbocycles. The van der Waals surface area contributed by atoms with E-state index in [1.54, 1.807) is 13.0 Å². The highest BCUT2D eigenvalue weighted by molar-refractivity contribution is 8.12. The number of halogens is 1. The van der Waals surface area contributed by atoms with E-state index in [0.717, 1.165) is 11.8 Å². The van der Waals surface area contributed by atoms with Gasteiger partial charge in [-0.15, -0.1) is 0 Å². The van der Waals surface area contributed by atoms with Crippen LogP contribution >= 0.6 is 11.8 Å². The highest BCUT2D eigenvalue weighted by Crippen LogP contribution is 2.28. The Balaban J connectivity index is 3.13. The molecule has 0 saturated heterocycles. The van der Waals surface area contributed by atoms with Crippen LogP contribution in [0.2, 0.25) is 0 Å². The fourth-order valence-electron chi connectivity index (χ4n) is 1.76. The third kappa shape index (κ3) is 3.57. The first-order chi connectivity index (χ1) is 8.47. The minimum absolute atomic E-state index is 0.118. The van der Waals surface area contributed by atoms with Gasteiger partial charge in [-0.1, -0.05) is 30.8 Å². The molecule has 0 heterocycles. The first-order valence-electron chi connectivity index (χ1n) is 5.60. The number of thioether (sulfide) groups is 1. The van der Waals surface area contributed by atoms with Gasteiger partial charge in [0, 0.05) is 18.2 Å². The maximum absolute atomic E-state index is 13.7. The van der Waals surface area contributed by atoms with Gasteiger partial charge in [-0.25, -0.2) is 4.39 Å². The molecule has 0 saturated carbocycles. The molecule has 1 unspecified atom stereocenters. The van der Waals surface area contributed by atoms with E-state index < -0.39 is 17.7 Å². The number of hydrogen-bond acceptors (Lipinski definition) is 3. The van der Waals surface area contributed by atoms with Gasteiger partial charge in [-0.05, 0) is 18.1 Å². The fraction of sp³-hybridized carbons (Fsp3) is 0.385. The lowest BCUT2D eigenvalue weighted by Crippen LogP contribution is -2.13. The lowest BCUT2D eigenvalue weighted by molar-refractivity contribution is -0.138. The Morgan fingerprint density at radius 3 is 2.61 bits per heavy atom. The van der Waals surface area contributed by atoms with Crippen molar-refractivity contribution in [2.45, 2.75) is 31.9 Å². The lowest BCUT2D eigenvalue weighted by atomic mass is 9.92. The number of benzene rings is 1. The first kappa shape index (κ1) is 14.7. The zero-order valence-electron chi connectivity index (χ0n) is 10.3. The van der Waals surface area contributed by atoms with E-state index in [1.165, 1.54) is 19.1 Å². The van der Waals surface area contributed by atoms with Crippen LogP contribution in [0.25, 0.3) is 0 Å². The predicted molar refractivity (Wildman–Crippen MR) is 69.0 cm³/mol. The van der Waals surface area contributed by atoms with Crippen LogP contribution in [0.5, 0.6) is 0 Å². The quantitative estimate of drug-likeness (QED) is 0.892. The molecule has 0 bridgehead atoms. The molecule has 1 atom stereocenters. The van der Waals surface area contributed by atoms with Gasteiger partial charge in [0.05, 0.1) is 5.92 Å². The molecular weight excluding hydrogens is 255 g/mol. The first-order valence-corrected chi connectivity index (χ1v) is 6.59. The summed E-state index contributed by atoms with van der Waals surface area (Å²) >= 11 is 0.980. The van der Waals surface area contributed by atoms with Gasteiger partial charge < -0.3 is 5.11 Å². The van der Waals surface area contributed by atoms with E-state index >= 15 is 0 Å². The van der Waals surface area contributed by atoms with Crippen LogP contribution in [0.4, 0.5) is 4.39 Å². The summed E-state index contributed by atoms with van der Waals surface area (Å²) < 4.78 is 13.7. The van der Waals surface area contributed by atoms with Gasteiger partial charge in [0.25, 0.3) is 0 Å². The molecule has 0 radical (unpaired) electrons. The Bertz CT molecular complexity index is 460. The second-order valence-electron chi connectivity index (χ2n) is 3.89. The Morgan fingerprint density at radius 2 is 2.11 bits per heavy atom. The van der Waals surface area contributed by atoms with Gasteiger partial charge >= 0.3 is 5.97 Å². The minimum Gasteiger partial charge on any atom is -0.481 e. The molecule has 0 spiro atoms. The Morgan fingerprint density at radius 1 is 1.44 bits per heavy atom. The third-order valence-electron chi connectivity index (χ3n) is 2.66. The number of carbonyl (C=O) groups is 2. The molecule has 1 N–H and O–H groups in total. The average Bonchev–Trinajstić information content (AvgIpc) is 2.28. The van der Waals surface area contributed by atoms with E-state index in [0.29, 0.717) is 17.5 Å². The van der Waals surface area contributed by atoms with Crippen molar-refractivity contribution in [1.82, 2.24) is 0 Å². The van der Waals surface area contributed by atoms with Gasteiger partial charge in [0.2, 0.25) is 0 Å². The maximum Gasteiger partial charge on any atom is 0.310 e. The molecule has 5 heteroatoms. The second kappa shape index (κ2) is 6.54. The molecule has 1 aromatic carbocycles. The Hall–Kier alpha value is -1.36. The molecule has 0 aliphatic heterocycles. The highest BCUT2D eigenvalue weighted by atomic mass is 32.2. The standard InChI is InChI=1S/C13H15FO3S/c1-3-9(13(16)17)10-5-4-6-12(14)11(10)7-18-8(2)15/h4-6,9H,3,7H2,1-2H3,(H,16,17).